The molecule has 1 N–H and O–H groups in total. The Kier molecular flexibility index (Phi) is 4.29. The minimum absolute atomic E-state index is 0.676. The van der Waals surface area contributed by atoms with Gasteiger partial charge in [-0.15, -0.1) is 0 Å². The van der Waals surface area contributed by atoms with Crippen LogP contribution in [0.15, 0.2) is 12.2 Å². The zero-order valence-corrected chi connectivity index (χ0v) is 7.47. The first-order chi connectivity index (χ1) is 5.43. The molecule has 1 heteroatoms. The first-order valence-electron chi connectivity index (χ1n) is 4.83. The molecule has 0 aromatic heterocycles. The number of unbranched alkanes of at least 4 members (excludes halogenated alkanes) is 2. The highest BCUT2D eigenvalue weighted by molar-refractivity contribution is 4.97. The van der Waals surface area contributed by atoms with Gasteiger partial charge < -0.3 is 5.32 Å². The number of hydrogen-bond acceptors (Lipinski definition) is 1. The smallest absolute Gasteiger partial charge is 0.0250 e. The van der Waals surface area contributed by atoms with Gasteiger partial charge in [0, 0.05) is 6.04 Å². The molecule has 1 nitrogen and oxygen atoms in total. The van der Waals surface area contributed by atoms with Gasteiger partial charge in [-0.25, -0.2) is 0 Å². The number of rotatable bonds is 4. The zero-order chi connectivity index (χ0) is 7.94. The lowest BCUT2D eigenvalue weighted by Crippen LogP contribution is -2.30. The van der Waals surface area contributed by atoms with Crippen molar-refractivity contribution >= 4 is 0 Å². The van der Waals surface area contributed by atoms with Gasteiger partial charge in [-0.3, -0.25) is 0 Å². The van der Waals surface area contributed by atoms with Gasteiger partial charge in [0.1, 0.15) is 0 Å². The second-order valence-electron chi connectivity index (χ2n) is 3.27. The standard InChI is InChI=1S/C10H19N/c1-2-3-4-7-10-8-5-6-9-11-10/h5,8,10-11H,2-4,6-7,9H2,1H3. The van der Waals surface area contributed by atoms with Crippen LogP contribution in [-0.4, -0.2) is 12.6 Å². The van der Waals surface area contributed by atoms with Crippen LogP contribution in [0, 0.1) is 0 Å². The van der Waals surface area contributed by atoms with Crippen LogP contribution in [0.5, 0.6) is 0 Å². The molecule has 0 bridgehead atoms. The highest BCUT2D eigenvalue weighted by Gasteiger charge is 2.05. The Morgan fingerprint density at radius 3 is 3.00 bits per heavy atom. The van der Waals surface area contributed by atoms with Gasteiger partial charge >= 0.3 is 0 Å². The van der Waals surface area contributed by atoms with E-state index in [2.05, 4.69) is 24.4 Å². The van der Waals surface area contributed by atoms with Gasteiger partial charge in [0.05, 0.1) is 0 Å². The van der Waals surface area contributed by atoms with Crippen molar-refractivity contribution in [2.75, 3.05) is 6.54 Å². The molecular weight excluding hydrogens is 134 g/mol. The quantitative estimate of drug-likeness (QED) is 0.483. The molecule has 1 atom stereocenters. The van der Waals surface area contributed by atoms with Crippen LogP contribution in [0.4, 0.5) is 0 Å². The lowest BCUT2D eigenvalue weighted by atomic mass is 10.1. The minimum atomic E-state index is 0.676. The maximum absolute atomic E-state index is 3.49. The highest BCUT2D eigenvalue weighted by Crippen LogP contribution is 2.07. The average molecular weight is 153 g/mol. The summed E-state index contributed by atoms with van der Waals surface area (Å²) >= 11 is 0. The fourth-order valence-electron chi connectivity index (χ4n) is 1.49. The monoisotopic (exact) mass is 153 g/mol. The van der Waals surface area contributed by atoms with Gasteiger partial charge in [-0.05, 0) is 19.4 Å². The third-order valence-electron chi connectivity index (χ3n) is 2.20. The molecule has 0 spiro atoms. The molecule has 0 aromatic carbocycles. The largest absolute Gasteiger partial charge is 0.310 e. The normalized spacial score (nSPS) is 23.9. The van der Waals surface area contributed by atoms with Crippen LogP contribution >= 0.6 is 0 Å². The van der Waals surface area contributed by atoms with E-state index in [-0.39, 0.29) is 0 Å². The summed E-state index contributed by atoms with van der Waals surface area (Å²) in [4.78, 5) is 0. The SMILES string of the molecule is CCCCCC1C=CCCN1. The molecule has 0 saturated heterocycles. The molecule has 1 aliphatic rings. The van der Waals surface area contributed by atoms with Crippen molar-refractivity contribution in [3.05, 3.63) is 12.2 Å². The van der Waals surface area contributed by atoms with Crippen LogP contribution in [0.2, 0.25) is 0 Å². The summed E-state index contributed by atoms with van der Waals surface area (Å²) < 4.78 is 0. The van der Waals surface area contributed by atoms with Crippen LogP contribution in [0.3, 0.4) is 0 Å². The van der Waals surface area contributed by atoms with E-state index in [1.54, 1.807) is 0 Å². The number of hydrogen-bond donors (Lipinski definition) is 1. The Balaban J connectivity index is 2.05. The average Bonchev–Trinajstić information content (AvgIpc) is 2.07. The van der Waals surface area contributed by atoms with Crippen molar-refractivity contribution < 1.29 is 0 Å². The lowest BCUT2D eigenvalue weighted by molar-refractivity contribution is 0.513. The van der Waals surface area contributed by atoms with E-state index in [9.17, 15) is 0 Å². The molecule has 11 heavy (non-hydrogen) atoms. The molecule has 0 saturated carbocycles. The zero-order valence-electron chi connectivity index (χ0n) is 7.47. The molecule has 0 aromatic rings. The van der Waals surface area contributed by atoms with Crippen LogP contribution in [0.25, 0.3) is 0 Å². The van der Waals surface area contributed by atoms with Gasteiger partial charge in [0.25, 0.3) is 0 Å². The third kappa shape index (κ3) is 3.57. The van der Waals surface area contributed by atoms with E-state index in [1.165, 1.54) is 38.6 Å². The first kappa shape index (κ1) is 8.79. The fourth-order valence-corrected chi connectivity index (χ4v) is 1.49. The predicted octanol–water partition coefficient (Wildman–Crippen LogP) is 2.48. The van der Waals surface area contributed by atoms with Crippen LogP contribution in [0.1, 0.15) is 39.0 Å². The number of nitrogens with one attached hydrogen (secondary N) is 1. The molecule has 64 valence electrons. The maximum atomic E-state index is 3.49. The van der Waals surface area contributed by atoms with E-state index in [4.69, 9.17) is 0 Å². The van der Waals surface area contributed by atoms with E-state index in [0.717, 1.165) is 0 Å². The van der Waals surface area contributed by atoms with Crippen LogP contribution in [-0.2, 0) is 0 Å². The molecule has 1 aliphatic heterocycles. The van der Waals surface area contributed by atoms with Gasteiger partial charge in [-0.1, -0.05) is 38.3 Å². The molecule has 0 aliphatic carbocycles. The first-order valence-corrected chi connectivity index (χ1v) is 4.83. The summed E-state index contributed by atoms with van der Waals surface area (Å²) in [5.41, 5.74) is 0. The summed E-state index contributed by atoms with van der Waals surface area (Å²) in [5.74, 6) is 0. The molecule has 0 radical (unpaired) electrons. The maximum Gasteiger partial charge on any atom is 0.0250 e. The fraction of sp³-hybridized carbons (Fsp3) is 0.800. The molecular formula is C10H19N. The molecule has 1 heterocycles. The lowest BCUT2D eigenvalue weighted by Gasteiger charge is -2.17. The van der Waals surface area contributed by atoms with E-state index in [0.29, 0.717) is 6.04 Å². The van der Waals surface area contributed by atoms with Gasteiger partial charge in [0.2, 0.25) is 0 Å². The van der Waals surface area contributed by atoms with Gasteiger partial charge in [0.15, 0.2) is 0 Å². The Bertz CT molecular complexity index is 118. The Hall–Kier alpha value is -0.300. The van der Waals surface area contributed by atoms with Crippen molar-refractivity contribution in [2.24, 2.45) is 0 Å². The summed E-state index contributed by atoms with van der Waals surface area (Å²) in [5, 5.41) is 3.49. The van der Waals surface area contributed by atoms with Gasteiger partial charge in [-0.2, -0.15) is 0 Å². The summed E-state index contributed by atoms with van der Waals surface area (Å²) in [6, 6.07) is 0.676. The second kappa shape index (κ2) is 5.36. The van der Waals surface area contributed by atoms with Crippen molar-refractivity contribution in [1.29, 1.82) is 0 Å². The molecule has 1 unspecified atom stereocenters. The molecule has 1 rings (SSSR count). The summed E-state index contributed by atoms with van der Waals surface area (Å²) in [6.45, 7) is 3.43. The van der Waals surface area contributed by atoms with Crippen molar-refractivity contribution in [3.63, 3.8) is 0 Å². The Morgan fingerprint density at radius 1 is 1.45 bits per heavy atom. The Morgan fingerprint density at radius 2 is 2.36 bits per heavy atom. The Labute approximate surface area is 69.9 Å². The minimum Gasteiger partial charge on any atom is -0.310 e. The van der Waals surface area contributed by atoms with Crippen molar-refractivity contribution in [3.8, 4) is 0 Å². The van der Waals surface area contributed by atoms with E-state index >= 15 is 0 Å². The van der Waals surface area contributed by atoms with Crippen molar-refractivity contribution in [1.82, 2.24) is 5.32 Å². The predicted molar refractivity (Wildman–Crippen MR) is 49.7 cm³/mol. The molecule has 0 fully saturated rings. The van der Waals surface area contributed by atoms with E-state index in [1.807, 2.05) is 0 Å². The van der Waals surface area contributed by atoms with E-state index < -0.39 is 0 Å². The molecule has 0 amide bonds. The second-order valence-corrected chi connectivity index (χ2v) is 3.27. The topological polar surface area (TPSA) is 12.0 Å². The van der Waals surface area contributed by atoms with Crippen LogP contribution < -0.4 is 5.32 Å². The summed E-state index contributed by atoms with van der Waals surface area (Å²) in [7, 11) is 0. The third-order valence-corrected chi connectivity index (χ3v) is 2.20. The van der Waals surface area contributed by atoms with Crippen molar-refractivity contribution in [2.45, 2.75) is 45.1 Å². The highest BCUT2D eigenvalue weighted by atomic mass is 14.9. The summed E-state index contributed by atoms with van der Waals surface area (Å²) in [6.07, 6.45) is 11.2.